The Balaban J connectivity index is 1.31. The second-order valence-electron chi connectivity index (χ2n) is 6.48. The normalized spacial score (nSPS) is 21.1. The Morgan fingerprint density at radius 3 is 2.92 bits per heavy atom. The predicted octanol–water partition coefficient (Wildman–Crippen LogP) is 1.57. The zero-order valence-corrected chi connectivity index (χ0v) is 13.9. The molecule has 0 saturated carbocycles. The van der Waals surface area contributed by atoms with E-state index in [1.165, 1.54) is 12.4 Å². The maximum atomic E-state index is 12.4. The number of hydrogen-bond acceptors (Lipinski definition) is 6. The summed E-state index contributed by atoms with van der Waals surface area (Å²) in [7, 11) is 0. The molecule has 1 spiro atoms. The Morgan fingerprint density at radius 2 is 2.16 bits per heavy atom. The topological polar surface area (TPSA) is 77.4 Å². The van der Waals surface area contributed by atoms with Crippen LogP contribution in [0.1, 0.15) is 23.3 Å². The van der Waals surface area contributed by atoms with Crippen LogP contribution in [0, 0.1) is 5.92 Å². The minimum absolute atomic E-state index is 0.0837. The Labute approximate surface area is 146 Å². The van der Waals surface area contributed by atoms with Gasteiger partial charge in [0.05, 0.1) is 32.1 Å². The van der Waals surface area contributed by atoms with E-state index in [1.807, 2.05) is 12.1 Å². The van der Waals surface area contributed by atoms with Gasteiger partial charge in [0.1, 0.15) is 17.0 Å². The molecule has 1 amide bonds. The molecule has 7 heteroatoms. The molecule has 2 aliphatic rings. The fraction of sp³-hybridized carbons (Fsp3) is 0.444. The van der Waals surface area contributed by atoms with Gasteiger partial charge in [-0.05, 0) is 30.9 Å². The van der Waals surface area contributed by atoms with Crippen LogP contribution >= 0.6 is 0 Å². The fourth-order valence-electron chi connectivity index (χ4n) is 3.61. The minimum Gasteiger partial charge on any atom is -0.492 e. The van der Waals surface area contributed by atoms with Crippen molar-refractivity contribution in [3.05, 3.63) is 48.8 Å². The van der Waals surface area contributed by atoms with Crippen molar-refractivity contribution in [3.8, 4) is 5.75 Å². The van der Waals surface area contributed by atoms with E-state index in [4.69, 9.17) is 9.47 Å². The molecule has 2 aromatic rings. The Kier molecular flexibility index (Phi) is 4.31. The van der Waals surface area contributed by atoms with Gasteiger partial charge in [-0.2, -0.15) is 0 Å². The Morgan fingerprint density at radius 1 is 1.28 bits per heavy atom. The summed E-state index contributed by atoms with van der Waals surface area (Å²) >= 11 is 0. The molecule has 0 aromatic carbocycles. The average molecular weight is 340 g/mol. The maximum absolute atomic E-state index is 12.4. The number of rotatable bonds is 5. The zero-order chi connectivity index (χ0) is 17.1. The summed E-state index contributed by atoms with van der Waals surface area (Å²) in [4.78, 5) is 26.3. The molecule has 130 valence electrons. The second-order valence-corrected chi connectivity index (χ2v) is 6.48. The number of aromatic nitrogens is 3. The van der Waals surface area contributed by atoms with Crippen LogP contribution < -0.4 is 4.74 Å². The molecule has 25 heavy (non-hydrogen) atoms. The number of pyridine rings is 1. The molecule has 2 aliphatic heterocycles. The van der Waals surface area contributed by atoms with Gasteiger partial charge < -0.3 is 14.4 Å². The maximum Gasteiger partial charge on any atom is 0.274 e. The number of carbonyl (C=O) groups is 1. The van der Waals surface area contributed by atoms with E-state index < -0.39 is 0 Å². The summed E-state index contributed by atoms with van der Waals surface area (Å²) in [5.74, 6) is 1.10. The summed E-state index contributed by atoms with van der Waals surface area (Å²) in [6, 6.07) is 3.76. The number of hydrogen-bond donors (Lipinski definition) is 0. The van der Waals surface area contributed by atoms with Crippen LogP contribution in [0.5, 0.6) is 5.75 Å². The van der Waals surface area contributed by atoms with Crippen molar-refractivity contribution in [2.45, 2.75) is 18.4 Å². The van der Waals surface area contributed by atoms with Crippen molar-refractivity contribution in [3.63, 3.8) is 0 Å². The van der Waals surface area contributed by atoms with Crippen molar-refractivity contribution in [1.29, 1.82) is 0 Å². The molecule has 4 heterocycles. The van der Waals surface area contributed by atoms with Crippen LogP contribution in [0.3, 0.4) is 0 Å². The van der Waals surface area contributed by atoms with Crippen LogP contribution in [0.25, 0.3) is 0 Å². The molecule has 2 saturated heterocycles. The molecule has 0 radical (unpaired) electrons. The molecule has 0 bridgehead atoms. The highest BCUT2D eigenvalue weighted by atomic mass is 16.5. The zero-order valence-electron chi connectivity index (χ0n) is 13.9. The average Bonchev–Trinajstić information content (AvgIpc) is 3.05. The summed E-state index contributed by atoms with van der Waals surface area (Å²) in [5, 5.41) is 0. The third kappa shape index (κ3) is 3.19. The lowest BCUT2D eigenvalue weighted by Gasteiger charge is -2.50. The number of amides is 1. The largest absolute Gasteiger partial charge is 0.492 e. The van der Waals surface area contributed by atoms with Crippen molar-refractivity contribution in [1.82, 2.24) is 19.9 Å². The molecular formula is C18H20N4O3. The van der Waals surface area contributed by atoms with Gasteiger partial charge in [-0.25, -0.2) is 4.98 Å². The smallest absolute Gasteiger partial charge is 0.274 e. The van der Waals surface area contributed by atoms with Crippen molar-refractivity contribution < 1.29 is 14.3 Å². The number of carbonyl (C=O) groups excluding carboxylic acids is 1. The van der Waals surface area contributed by atoms with Crippen LogP contribution in [0.2, 0.25) is 0 Å². The fourth-order valence-corrected chi connectivity index (χ4v) is 3.61. The van der Waals surface area contributed by atoms with E-state index in [-0.39, 0.29) is 11.5 Å². The molecule has 7 nitrogen and oxygen atoms in total. The Bertz CT molecular complexity index is 720. The molecule has 0 unspecified atom stereocenters. The SMILES string of the molecule is O=C(c1cnccn1)N1CC2(C1)OCC[C@@H]2CCOc1cccnc1. The van der Waals surface area contributed by atoms with Crippen LogP contribution in [0.15, 0.2) is 43.1 Å². The van der Waals surface area contributed by atoms with Gasteiger partial charge >= 0.3 is 0 Å². The lowest BCUT2D eigenvalue weighted by Crippen LogP contribution is -2.66. The summed E-state index contributed by atoms with van der Waals surface area (Å²) in [6.45, 7) is 2.59. The standard InChI is InChI=1S/C18H20N4O3/c23-17(16-11-20-6-7-21-16)22-12-18(13-22)14(4-9-25-18)3-8-24-15-2-1-5-19-10-15/h1-2,5-7,10-11,14H,3-4,8-9,12-13H2/t14-/m0/s1. The van der Waals surface area contributed by atoms with Crippen molar-refractivity contribution in [2.24, 2.45) is 5.92 Å². The van der Waals surface area contributed by atoms with Gasteiger partial charge in [0, 0.05) is 25.2 Å². The molecule has 2 fully saturated rings. The van der Waals surface area contributed by atoms with Gasteiger partial charge in [-0.1, -0.05) is 0 Å². The Hall–Kier alpha value is -2.54. The van der Waals surface area contributed by atoms with Gasteiger partial charge in [-0.3, -0.25) is 14.8 Å². The first-order chi connectivity index (χ1) is 12.3. The molecule has 2 aromatic heterocycles. The lowest BCUT2D eigenvalue weighted by molar-refractivity contribution is -0.119. The molecule has 0 N–H and O–H groups in total. The van der Waals surface area contributed by atoms with Gasteiger partial charge in [-0.15, -0.1) is 0 Å². The minimum atomic E-state index is -0.226. The van der Waals surface area contributed by atoms with Crippen molar-refractivity contribution in [2.75, 3.05) is 26.3 Å². The van der Waals surface area contributed by atoms with E-state index in [9.17, 15) is 4.79 Å². The first-order valence-electron chi connectivity index (χ1n) is 8.49. The first kappa shape index (κ1) is 16.0. The third-order valence-corrected chi connectivity index (χ3v) is 4.96. The van der Waals surface area contributed by atoms with Crippen LogP contribution in [-0.4, -0.2) is 57.7 Å². The van der Waals surface area contributed by atoms with Gasteiger partial charge in [0.15, 0.2) is 0 Å². The monoisotopic (exact) mass is 340 g/mol. The quantitative estimate of drug-likeness (QED) is 0.822. The molecule has 1 atom stereocenters. The van der Waals surface area contributed by atoms with Crippen LogP contribution in [0.4, 0.5) is 0 Å². The highest BCUT2D eigenvalue weighted by Gasteiger charge is 2.54. The van der Waals surface area contributed by atoms with Crippen LogP contribution in [-0.2, 0) is 4.74 Å². The summed E-state index contributed by atoms with van der Waals surface area (Å²) < 4.78 is 11.8. The molecule has 4 rings (SSSR count). The lowest BCUT2D eigenvalue weighted by atomic mass is 9.79. The summed E-state index contributed by atoms with van der Waals surface area (Å²) in [6.07, 6.45) is 9.95. The van der Waals surface area contributed by atoms with E-state index in [2.05, 4.69) is 15.0 Å². The highest BCUT2D eigenvalue weighted by molar-refractivity contribution is 5.92. The van der Waals surface area contributed by atoms with E-state index in [0.29, 0.717) is 31.3 Å². The number of ether oxygens (including phenoxy) is 2. The predicted molar refractivity (Wildman–Crippen MR) is 89.1 cm³/mol. The van der Waals surface area contributed by atoms with Gasteiger partial charge in [0.25, 0.3) is 5.91 Å². The number of nitrogens with zero attached hydrogens (tertiary/aromatic N) is 4. The van der Waals surface area contributed by atoms with Gasteiger partial charge in [0.2, 0.25) is 0 Å². The first-order valence-corrected chi connectivity index (χ1v) is 8.49. The second kappa shape index (κ2) is 6.76. The molecule has 0 aliphatic carbocycles. The van der Waals surface area contributed by atoms with E-state index in [0.717, 1.165) is 25.2 Å². The number of likely N-dealkylation sites (tertiary alicyclic amines) is 1. The van der Waals surface area contributed by atoms with Crippen molar-refractivity contribution >= 4 is 5.91 Å². The molecular weight excluding hydrogens is 320 g/mol. The summed E-state index contributed by atoms with van der Waals surface area (Å²) in [5.41, 5.74) is 0.155. The highest BCUT2D eigenvalue weighted by Crippen LogP contribution is 2.42. The third-order valence-electron chi connectivity index (χ3n) is 4.96. The van der Waals surface area contributed by atoms with E-state index in [1.54, 1.807) is 23.5 Å². The van der Waals surface area contributed by atoms with E-state index >= 15 is 0 Å².